The van der Waals surface area contributed by atoms with Crippen molar-refractivity contribution in [2.24, 2.45) is 0 Å². The number of hydrogen-bond acceptors (Lipinski definition) is 6. The van der Waals surface area contributed by atoms with Gasteiger partial charge in [0, 0.05) is 24.4 Å². The summed E-state index contributed by atoms with van der Waals surface area (Å²) < 4.78 is 1.71. The van der Waals surface area contributed by atoms with Gasteiger partial charge in [-0.1, -0.05) is 0 Å². The van der Waals surface area contributed by atoms with Crippen molar-refractivity contribution >= 4 is 34.9 Å². The standard InChI is InChI=1S/C18H19N5O2S/c1-9-11-6-10-8-20-13(19)7-12(10)21-14(11)17(25)23-15(9)16(24)22-18(23)2-4-26-5-3-18/h7-8,21H,2-6H2,1H3,(H2,19,20)(H,22,24). The minimum Gasteiger partial charge on any atom is -0.384 e. The number of rotatable bonds is 0. The second-order valence-corrected chi connectivity index (χ2v) is 8.36. The van der Waals surface area contributed by atoms with Crippen LogP contribution in [0.4, 0.5) is 17.2 Å². The average Bonchev–Trinajstić information content (AvgIpc) is 2.91. The van der Waals surface area contributed by atoms with Crippen LogP contribution in [0.1, 0.15) is 40.0 Å². The van der Waals surface area contributed by atoms with Crippen LogP contribution >= 0.6 is 11.8 Å². The molecule has 0 radical (unpaired) electrons. The SMILES string of the molecule is Cc1c2c(c(=O)n3c1C(=O)NC31CCSCC1)Nc1cc(N)ncc1C2. The summed E-state index contributed by atoms with van der Waals surface area (Å²) in [6.07, 6.45) is 3.82. The molecule has 0 bridgehead atoms. The van der Waals surface area contributed by atoms with Crippen LogP contribution in [-0.4, -0.2) is 27.0 Å². The van der Waals surface area contributed by atoms with Crippen molar-refractivity contribution in [2.45, 2.75) is 31.8 Å². The molecule has 2 aromatic heterocycles. The second-order valence-electron chi connectivity index (χ2n) is 7.13. The molecule has 2 aromatic rings. The van der Waals surface area contributed by atoms with Gasteiger partial charge >= 0.3 is 0 Å². The van der Waals surface area contributed by atoms with Gasteiger partial charge in [0.05, 0.1) is 0 Å². The van der Waals surface area contributed by atoms with Crippen LogP contribution < -0.4 is 21.9 Å². The number of carbonyl (C=O) groups is 1. The van der Waals surface area contributed by atoms with Crippen LogP contribution in [0.2, 0.25) is 0 Å². The van der Waals surface area contributed by atoms with Gasteiger partial charge in [-0.2, -0.15) is 11.8 Å². The monoisotopic (exact) mass is 369 g/mol. The van der Waals surface area contributed by atoms with Crippen molar-refractivity contribution < 1.29 is 4.79 Å². The predicted octanol–water partition coefficient (Wildman–Crippen LogP) is 1.70. The number of nitrogens with two attached hydrogens (primary N) is 1. The lowest BCUT2D eigenvalue weighted by Gasteiger charge is -2.35. The zero-order valence-corrected chi connectivity index (χ0v) is 15.2. The molecule has 8 heteroatoms. The maximum atomic E-state index is 13.4. The Hall–Kier alpha value is -2.48. The molecular weight excluding hydrogens is 350 g/mol. The predicted molar refractivity (Wildman–Crippen MR) is 102 cm³/mol. The Labute approximate surface area is 154 Å². The lowest BCUT2D eigenvalue weighted by atomic mass is 9.94. The number of anilines is 3. The minimum absolute atomic E-state index is 0.133. The average molecular weight is 369 g/mol. The molecule has 134 valence electrons. The van der Waals surface area contributed by atoms with E-state index in [1.54, 1.807) is 16.8 Å². The third-order valence-corrected chi connectivity index (χ3v) is 6.68. The van der Waals surface area contributed by atoms with Gasteiger partial charge in [0.2, 0.25) is 0 Å². The molecule has 5 heterocycles. The Morgan fingerprint density at radius 1 is 1.31 bits per heavy atom. The van der Waals surface area contributed by atoms with E-state index in [0.717, 1.165) is 46.7 Å². The number of thioether (sulfide) groups is 1. The molecule has 7 nitrogen and oxygen atoms in total. The molecule has 3 aliphatic rings. The molecule has 26 heavy (non-hydrogen) atoms. The first-order valence-electron chi connectivity index (χ1n) is 8.71. The molecule has 0 aromatic carbocycles. The number of nitrogens with zero attached hydrogens (tertiary/aromatic N) is 2. The van der Waals surface area contributed by atoms with Gasteiger partial charge in [-0.25, -0.2) is 4.98 Å². The lowest BCUT2D eigenvalue weighted by molar-refractivity contribution is 0.0909. The Kier molecular flexibility index (Phi) is 3.19. The summed E-state index contributed by atoms with van der Waals surface area (Å²) in [7, 11) is 0. The van der Waals surface area contributed by atoms with E-state index in [0.29, 0.717) is 23.6 Å². The van der Waals surface area contributed by atoms with Gasteiger partial charge in [-0.3, -0.25) is 14.2 Å². The molecule has 5 rings (SSSR count). The number of amides is 1. The second kappa shape index (κ2) is 5.26. The van der Waals surface area contributed by atoms with Gasteiger partial charge in [0.25, 0.3) is 11.5 Å². The molecule has 0 atom stereocenters. The van der Waals surface area contributed by atoms with Crippen LogP contribution in [-0.2, 0) is 12.1 Å². The number of carbonyl (C=O) groups excluding carboxylic acids is 1. The normalized spacial score (nSPS) is 19.3. The quantitative estimate of drug-likeness (QED) is 0.557. The number of nitrogen functional groups attached to an aromatic ring is 1. The van der Waals surface area contributed by atoms with E-state index in [1.165, 1.54) is 0 Å². The van der Waals surface area contributed by atoms with E-state index < -0.39 is 5.66 Å². The molecule has 0 unspecified atom stereocenters. The molecule has 1 fully saturated rings. The summed E-state index contributed by atoms with van der Waals surface area (Å²) in [5, 5.41) is 6.38. The third kappa shape index (κ3) is 1.99. The largest absolute Gasteiger partial charge is 0.384 e. The van der Waals surface area contributed by atoms with Gasteiger partial charge in [0.15, 0.2) is 0 Å². The fourth-order valence-electron chi connectivity index (χ4n) is 4.34. The first-order valence-corrected chi connectivity index (χ1v) is 9.86. The number of aromatic nitrogens is 2. The highest BCUT2D eigenvalue weighted by Crippen LogP contribution is 2.40. The van der Waals surface area contributed by atoms with Crippen LogP contribution in [0.15, 0.2) is 17.1 Å². The van der Waals surface area contributed by atoms with E-state index in [4.69, 9.17) is 5.73 Å². The molecule has 4 N–H and O–H groups in total. The Morgan fingerprint density at radius 2 is 2.08 bits per heavy atom. The number of nitrogens with one attached hydrogen (secondary N) is 2. The van der Waals surface area contributed by atoms with E-state index in [1.807, 2.05) is 18.7 Å². The summed E-state index contributed by atoms with van der Waals surface area (Å²) in [5.41, 5.74) is 9.66. The van der Waals surface area contributed by atoms with Crippen molar-refractivity contribution in [1.29, 1.82) is 0 Å². The summed E-state index contributed by atoms with van der Waals surface area (Å²) in [6.45, 7) is 1.93. The van der Waals surface area contributed by atoms with Crippen molar-refractivity contribution in [1.82, 2.24) is 14.9 Å². The molecule has 3 aliphatic heterocycles. The van der Waals surface area contributed by atoms with E-state index in [9.17, 15) is 9.59 Å². The molecular formula is C18H19N5O2S. The third-order valence-electron chi connectivity index (χ3n) is 5.69. The van der Waals surface area contributed by atoms with Crippen molar-refractivity contribution in [3.8, 4) is 0 Å². The number of pyridine rings is 2. The first kappa shape index (κ1) is 15.7. The van der Waals surface area contributed by atoms with Gasteiger partial charge < -0.3 is 16.4 Å². The van der Waals surface area contributed by atoms with Gasteiger partial charge in [0.1, 0.15) is 22.9 Å². The van der Waals surface area contributed by atoms with Crippen LogP contribution in [0, 0.1) is 6.92 Å². The van der Waals surface area contributed by atoms with E-state index in [-0.39, 0.29) is 11.5 Å². The fraction of sp³-hybridized carbons (Fsp3) is 0.389. The lowest BCUT2D eigenvalue weighted by Crippen LogP contribution is -2.50. The summed E-state index contributed by atoms with van der Waals surface area (Å²) in [5.74, 6) is 2.13. The highest BCUT2D eigenvalue weighted by Gasteiger charge is 2.46. The Balaban J connectivity index is 1.75. The maximum absolute atomic E-state index is 13.4. The molecule has 1 amide bonds. The highest BCUT2D eigenvalue weighted by atomic mass is 32.2. The summed E-state index contributed by atoms with van der Waals surface area (Å²) in [6, 6.07) is 1.75. The van der Waals surface area contributed by atoms with E-state index in [2.05, 4.69) is 15.6 Å². The van der Waals surface area contributed by atoms with Crippen LogP contribution in [0.5, 0.6) is 0 Å². The van der Waals surface area contributed by atoms with Crippen LogP contribution in [0.25, 0.3) is 0 Å². The fourth-order valence-corrected chi connectivity index (χ4v) is 5.51. The molecule has 1 spiro atoms. The van der Waals surface area contributed by atoms with Crippen LogP contribution in [0.3, 0.4) is 0 Å². The zero-order chi connectivity index (χ0) is 18.1. The molecule has 0 aliphatic carbocycles. The zero-order valence-electron chi connectivity index (χ0n) is 14.4. The number of hydrogen-bond donors (Lipinski definition) is 3. The topological polar surface area (TPSA) is 102 Å². The van der Waals surface area contributed by atoms with Gasteiger partial charge in [-0.15, -0.1) is 0 Å². The Morgan fingerprint density at radius 3 is 2.85 bits per heavy atom. The maximum Gasteiger partial charge on any atom is 0.277 e. The first-order chi connectivity index (χ1) is 12.5. The number of fused-ring (bicyclic) bond motifs is 4. The van der Waals surface area contributed by atoms with Crippen molar-refractivity contribution in [3.05, 3.63) is 45.0 Å². The van der Waals surface area contributed by atoms with Crippen molar-refractivity contribution in [3.63, 3.8) is 0 Å². The van der Waals surface area contributed by atoms with Crippen molar-refractivity contribution in [2.75, 3.05) is 22.6 Å². The Bertz CT molecular complexity index is 1020. The molecule has 1 saturated heterocycles. The molecule has 0 saturated carbocycles. The minimum atomic E-state index is -0.590. The summed E-state index contributed by atoms with van der Waals surface area (Å²) >= 11 is 1.86. The smallest absolute Gasteiger partial charge is 0.277 e. The van der Waals surface area contributed by atoms with E-state index >= 15 is 0 Å². The highest BCUT2D eigenvalue weighted by molar-refractivity contribution is 7.99. The summed E-state index contributed by atoms with van der Waals surface area (Å²) in [4.78, 5) is 30.3. The van der Waals surface area contributed by atoms with Gasteiger partial charge in [-0.05, 0) is 48.0 Å².